The minimum atomic E-state index is -3.38. The molecule has 1 spiro atoms. The molecule has 1 aliphatic heterocycles. The van der Waals surface area contributed by atoms with Gasteiger partial charge in [0.15, 0.2) is 0 Å². The maximum atomic E-state index is 12.8. The number of hydrogen-bond donors (Lipinski definition) is 1. The Morgan fingerprint density at radius 3 is 2.29 bits per heavy atom. The van der Waals surface area contributed by atoms with Crippen molar-refractivity contribution < 1.29 is 8.42 Å². The van der Waals surface area contributed by atoms with Crippen LogP contribution < -0.4 is 5.73 Å². The monoisotopic (exact) mass is 308 g/mol. The highest BCUT2D eigenvalue weighted by Gasteiger charge is 2.40. The van der Waals surface area contributed by atoms with Crippen LogP contribution in [0.15, 0.2) is 23.1 Å². The number of rotatable bonds is 2. The van der Waals surface area contributed by atoms with Gasteiger partial charge in [-0.2, -0.15) is 4.31 Å². The molecule has 2 fully saturated rings. The van der Waals surface area contributed by atoms with Gasteiger partial charge < -0.3 is 5.73 Å². The maximum absolute atomic E-state index is 12.8. The van der Waals surface area contributed by atoms with Gasteiger partial charge in [0.1, 0.15) is 0 Å². The molecule has 5 heteroatoms. The molecule has 1 aromatic carbocycles. The fourth-order valence-electron chi connectivity index (χ4n) is 3.93. The van der Waals surface area contributed by atoms with Gasteiger partial charge in [-0.25, -0.2) is 8.42 Å². The molecule has 0 bridgehead atoms. The second kappa shape index (κ2) is 5.29. The van der Waals surface area contributed by atoms with Crippen molar-refractivity contribution in [3.63, 3.8) is 0 Å². The third kappa shape index (κ3) is 2.69. The van der Waals surface area contributed by atoms with Crippen molar-refractivity contribution in [2.45, 2.75) is 50.3 Å². The fourth-order valence-corrected chi connectivity index (χ4v) is 5.57. The Bertz CT molecular complexity index is 624. The van der Waals surface area contributed by atoms with Gasteiger partial charge in [-0.1, -0.05) is 12.8 Å². The zero-order valence-corrected chi connectivity index (χ0v) is 13.5. The quantitative estimate of drug-likeness (QED) is 0.854. The first kappa shape index (κ1) is 14.9. The predicted molar refractivity (Wildman–Crippen MR) is 84.5 cm³/mol. The Labute approximate surface area is 127 Å². The molecule has 1 saturated heterocycles. The molecule has 3 rings (SSSR count). The molecule has 1 heterocycles. The molecule has 1 aliphatic carbocycles. The zero-order valence-electron chi connectivity index (χ0n) is 12.6. The van der Waals surface area contributed by atoms with E-state index in [2.05, 4.69) is 0 Å². The SMILES string of the molecule is Cc1cc(N)ccc1S(=O)(=O)N1CCC2(CCCC2)CC1. The lowest BCUT2D eigenvalue weighted by Gasteiger charge is -2.38. The van der Waals surface area contributed by atoms with E-state index >= 15 is 0 Å². The average Bonchev–Trinajstić information content (AvgIpc) is 2.87. The van der Waals surface area contributed by atoms with Gasteiger partial charge >= 0.3 is 0 Å². The van der Waals surface area contributed by atoms with E-state index in [-0.39, 0.29) is 0 Å². The summed E-state index contributed by atoms with van der Waals surface area (Å²) in [6, 6.07) is 5.04. The van der Waals surface area contributed by atoms with Crippen LogP contribution in [-0.4, -0.2) is 25.8 Å². The normalized spacial score (nSPS) is 22.7. The second-order valence-electron chi connectivity index (χ2n) is 6.64. The van der Waals surface area contributed by atoms with E-state index in [9.17, 15) is 8.42 Å². The first-order valence-corrected chi connectivity index (χ1v) is 9.23. The fraction of sp³-hybridized carbons (Fsp3) is 0.625. The highest BCUT2D eigenvalue weighted by atomic mass is 32.2. The Hall–Kier alpha value is -1.07. The number of nitrogens with zero attached hydrogens (tertiary/aromatic N) is 1. The van der Waals surface area contributed by atoms with Gasteiger partial charge in [0.2, 0.25) is 10.0 Å². The molecular formula is C16H24N2O2S. The minimum Gasteiger partial charge on any atom is -0.399 e. The molecule has 1 aromatic rings. The summed E-state index contributed by atoms with van der Waals surface area (Å²) < 4.78 is 27.3. The third-order valence-corrected chi connectivity index (χ3v) is 7.32. The minimum absolute atomic E-state index is 0.402. The summed E-state index contributed by atoms with van der Waals surface area (Å²) in [6.45, 7) is 3.13. The van der Waals surface area contributed by atoms with Crippen LogP contribution in [-0.2, 0) is 10.0 Å². The van der Waals surface area contributed by atoms with Crippen molar-refractivity contribution in [1.82, 2.24) is 4.31 Å². The van der Waals surface area contributed by atoms with Crippen molar-refractivity contribution >= 4 is 15.7 Å². The van der Waals surface area contributed by atoms with Crippen LogP contribution in [0.5, 0.6) is 0 Å². The summed E-state index contributed by atoms with van der Waals surface area (Å²) in [4.78, 5) is 0.402. The van der Waals surface area contributed by atoms with E-state index in [0.29, 0.717) is 29.1 Å². The zero-order chi connectivity index (χ0) is 15.1. The van der Waals surface area contributed by atoms with Gasteiger partial charge in [0.25, 0.3) is 0 Å². The van der Waals surface area contributed by atoms with E-state index in [1.807, 2.05) is 6.92 Å². The molecule has 21 heavy (non-hydrogen) atoms. The van der Waals surface area contributed by atoms with Crippen molar-refractivity contribution in [2.75, 3.05) is 18.8 Å². The molecule has 0 aromatic heterocycles. The maximum Gasteiger partial charge on any atom is 0.243 e. The second-order valence-corrected chi connectivity index (χ2v) is 8.54. The van der Waals surface area contributed by atoms with Crippen LogP contribution in [0.1, 0.15) is 44.1 Å². The molecule has 116 valence electrons. The lowest BCUT2D eigenvalue weighted by atomic mass is 9.78. The number of anilines is 1. The molecule has 2 aliphatic rings. The standard InChI is InChI=1S/C16H24N2O2S/c1-13-12-14(17)4-5-15(13)21(19,20)18-10-8-16(9-11-18)6-2-3-7-16/h4-5,12H,2-3,6-11,17H2,1H3. The number of benzene rings is 1. The highest BCUT2D eigenvalue weighted by Crippen LogP contribution is 2.46. The number of nitrogen functional groups attached to an aromatic ring is 1. The van der Waals surface area contributed by atoms with Crippen molar-refractivity contribution in [3.8, 4) is 0 Å². The summed E-state index contributed by atoms with van der Waals surface area (Å²) in [5, 5.41) is 0. The van der Waals surface area contributed by atoms with Crippen LogP contribution in [0.2, 0.25) is 0 Å². The van der Waals surface area contributed by atoms with E-state index in [1.165, 1.54) is 25.7 Å². The predicted octanol–water partition coefficient (Wildman–Crippen LogP) is 2.92. The van der Waals surface area contributed by atoms with Crippen LogP contribution in [0.3, 0.4) is 0 Å². The molecule has 0 atom stereocenters. The average molecular weight is 308 g/mol. The first-order valence-electron chi connectivity index (χ1n) is 7.79. The summed E-state index contributed by atoms with van der Waals surface area (Å²) in [5.74, 6) is 0. The van der Waals surface area contributed by atoms with E-state index in [0.717, 1.165) is 18.4 Å². The lowest BCUT2D eigenvalue weighted by Crippen LogP contribution is -2.42. The Kier molecular flexibility index (Phi) is 3.74. The van der Waals surface area contributed by atoms with E-state index in [4.69, 9.17) is 5.73 Å². The Balaban J connectivity index is 1.80. The van der Waals surface area contributed by atoms with Gasteiger partial charge in [-0.05, 0) is 61.8 Å². The molecule has 4 nitrogen and oxygen atoms in total. The number of piperidine rings is 1. The van der Waals surface area contributed by atoms with Gasteiger partial charge in [-0.15, -0.1) is 0 Å². The molecule has 1 saturated carbocycles. The van der Waals surface area contributed by atoms with Crippen molar-refractivity contribution in [2.24, 2.45) is 5.41 Å². The van der Waals surface area contributed by atoms with Crippen molar-refractivity contribution in [3.05, 3.63) is 23.8 Å². The summed E-state index contributed by atoms with van der Waals surface area (Å²) in [7, 11) is -3.38. The Morgan fingerprint density at radius 1 is 1.10 bits per heavy atom. The van der Waals surface area contributed by atoms with Crippen LogP contribution in [0, 0.1) is 12.3 Å². The van der Waals surface area contributed by atoms with Gasteiger partial charge in [0, 0.05) is 18.8 Å². The van der Waals surface area contributed by atoms with Gasteiger partial charge in [0.05, 0.1) is 4.90 Å². The Morgan fingerprint density at radius 2 is 1.71 bits per heavy atom. The van der Waals surface area contributed by atoms with E-state index < -0.39 is 10.0 Å². The number of sulfonamides is 1. The molecule has 2 N–H and O–H groups in total. The van der Waals surface area contributed by atoms with Crippen LogP contribution in [0.4, 0.5) is 5.69 Å². The smallest absolute Gasteiger partial charge is 0.243 e. The summed E-state index contributed by atoms with van der Waals surface area (Å²) >= 11 is 0. The third-order valence-electron chi connectivity index (χ3n) is 5.26. The topological polar surface area (TPSA) is 63.4 Å². The number of aryl methyl sites for hydroxylation is 1. The van der Waals surface area contributed by atoms with Crippen LogP contribution >= 0.6 is 0 Å². The largest absolute Gasteiger partial charge is 0.399 e. The van der Waals surface area contributed by atoms with E-state index in [1.54, 1.807) is 22.5 Å². The van der Waals surface area contributed by atoms with Gasteiger partial charge in [-0.3, -0.25) is 0 Å². The lowest BCUT2D eigenvalue weighted by molar-refractivity contribution is 0.160. The molecular weight excluding hydrogens is 284 g/mol. The van der Waals surface area contributed by atoms with Crippen molar-refractivity contribution in [1.29, 1.82) is 0 Å². The molecule has 0 unspecified atom stereocenters. The van der Waals surface area contributed by atoms with Crippen LogP contribution in [0.25, 0.3) is 0 Å². The summed E-state index contributed by atoms with van der Waals surface area (Å²) in [5.41, 5.74) is 7.49. The highest BCUT2D eigenvalue weighted by molar-refractivity contribution is 7.89. The summed E-state index contributed by atoms with van der Waals surface area (Å²) in [6.07, 6.45) is 7.21. The molecule has 0 radical (unpaired) electrons. The first-order chi connectivity index (χ1) is 9.93. The molecule has 0 amide bonds. The number of hydrogen-bond acceptors (Lipinski definition) is 3. The number of nitrogens with two attached hydrogens (primary N) is 1.